The Balaban J connectivity index is 1.82. The topological polar surface area (TPSA) is 124 Å². The Labute approximate surface area is 244 Å². The number of ketones is 3. The summed E-state index contributed by atoms with van der Waals surface area (Å²) in [7, 11) is 0. The number of unbranched alkanes of at least 4 members (excludes halogenated alkanes) is 1. The molecule has 0 aliphatic heterocycles. The summed E-state index contributed by atoms with van der Waals surface area (Å²) >= 11 is 0. The molecule has 228 valence electrons. The molecule has 4 aliphatic rings. The van der Waals surface area contributed by atoms with Gasteiger partial charge in [-0.1, -0.05) is 48.0 Å². The predicted octanol–water partition coefficient (Wildman–Crippen LogP) is 4.93. The van der Waals surface area contributed by atoms with E-state index in [1.807, 2.05) is 41.5 Å². The molecule has 4 aliphatic carbocycles. The van der Waals surface area contributed by atoms with Crippen molar-refractivity contribution in [2.75, 3.05) is 6.61 Å². The minimum Gasteiger partial charge on any atom is -0.466 e. The predicted molar refractivity (Wildman–Crippen MR) is 151 cm³/mol. The molecule has 8 atom stereocenters. The van der Waals surface area contributed by atoms with Crippen LogP contribution in [-0.2, 0) is 33.4 Å². The highest BCUT2D eigenvalue weighted by atomic mass is 16.5. The number of Topliss-reactive ketones (excluding diaryl/α,β-unsaturated/α-hetero) is 3. The van der Waals surface area contributed by atoms with Crippen molar-refractivity contribution in [3.63, 3.8) is 0 Å². The van der Waals surface area contributed by atoms with Gasteiger partial charge in [0.1, 0.15) is 5.78 Å². The minimum absolute atomic E-state index is 0.124. The molecule has 1 N–H and O–H groups in total. The Kier molecular flexibility index (Phi) is 8.27. The maximum absolute atomic E-state index is 14.6. The Morgan fingerprint density at radius 2 is 1.71 bits per heavy atom. The third-order valence-electron chi connectivity index (χ3n) is 11.8. The van der Waals surface area contributed by atoms with Gasteiger partial charge in [-0.05, 0) is 55.8 Å². The quantitative estimate of drug-likeness (QED) is 0.321. The number of esters is 2. The van der Waals surface area contributed by atoms with E-state index >= 15 is 0 Å². The second-order valence-electron chi connectivity index (χ2n) is 14.3. The van der Waals surface area contributed by atoms with E-state index in [-0.39, 0.29) is 54.2 Å². The standard InChI is InChI=1S/C33H48O8/c1-9-10-15-40-25(38)12-11-18(2)20-16-24(37)33(8)26-21(35)17-22-30(4,5)23(36)13-14-31(22,6)27(26)28(39)29(32(20,33)7)41-19(3)34/h18,20,22-23,29,36H,9-17H2,1-8H3/t18-,20-,22?,23+,29-,31+,32+,33+/m1/s1. The SMILES string of the molecule is CCCCOC(=O)CC[C@@H](C)[C@H]1CC(=O)[C@@]2(C)C3=C(C(=O)[C@@H](OC(C)=O)[C@]12C)[C@@]1(C)CC[C@H](O)C(C)(C)C1CC3=O. The van der Waals surface area contributed by atoms with Crippen molar-refractivity contribution in [3.05, 3.63) is 11.1 Å². The number of carbonyl (C=O) groups is 5. The van der Waals surface area contributed by atoms with Crippen LogP contribution in [0.3, 0.4) is 0 Å². The first kappa shape index (κ1) is 31.6. The molecule has 0 saturated heterocycles. The van der Waals surface area contributed by atoms with Crippen molar-refractivity contribution in [3.8, 4) is 0 Å². The monoisotopic (exact) mass is 572 g/mol. The van der Waals surface area contributed by atoms with E-state index in [1.54, 1.807) is 6.92 Å². The van der Waals surface area contributed by atoms with Crippen LogP contribution in [0.4, 0.5) is 0 Å². The molecule has 8 heteroatoms. The Bertz CT molecular complexity index is 1180. The zero-order valence-electron chi connectivity index (χ0n) is 26.1. The maximum Gasteiger partial charge on any atom is 0.305 e. The van der Waals surface area contributed by atoms with Crippen molar-refractivity contribution in [2.45, 2.75) is 119 Å². The molecule has 8 nitrogen and oxygen atoms in total. The van der Waals surface area contributed by atoms with Crippen LogP contribution in [0.15, 0.2) is 11.1 Å². The maximum atomic E-state index is 14.6. The first-order valence-corrected chi connectivity index (χ1v) is 15.4. The molecule has 0 heterocycles. The number of aliphatic hydroxyl groups is 1. The summed E-state index contributed by atoms with van der Waals surface area (Å²) in [6, 6.07) is 0. The van der Waals surface area contributed by atoms with E-state index in [9.17, 15) is 29.1 Å². The summed E-state index contributed by atoms with van der Waals surface area (Å²) in [5, 5.41) is 10.9. The number of ether oxygens (including phenoxy) is 2. The molecule has 41 heavy (non-hydrogen) atoms. The van der Waals surface area contributed by atoms with Crippen LogP contribution >= 0.6 is 0 Å². The third-order valence-corrected chi connectivity index (χ3v) is 11.8. The highest BCUT2D eigenvalue weighted by Gasteiger charge is 2.74. The van der Waals surface area contributed by atoms with Gasteiger partial charge in [-0.25, -0.2) is 0 Å². The molecule has 0 spiro atoms. The number of hydrogen-bond acceptors (Lipinski definition) is 8. The van der Waals surface area contributed by atoms with Gasteiger partial charge < -0.3 is 14.6 Å². The second-order valence-corrected chi connectivity index (χ2v) is 14.3. The molecule has 0 aromatic rings. The number of rotatable bonds is 8. The second kappa shape index (κ2) is 10.7. The van der Waals surface area contributed by atoms with Gasteiger partial charge in [0.25, 0.3) is 0 Å². The summed E-state index contributed by atoms with van der Waals surface area (Å²) in [5.41, 5.74) is -3.26. The molecule has 2 fully saturated rings. The van der Waals surface area contributed by atoms with Gasteiger partial charge in [0.05, 0.1) is 18.1 Å². The normalized spacial score (nSPS) is 38.6. The van der Waals surface area contributed by atoms with E-state index < -0.39 is 51.5 Å². The van der Waals surface area contributed by atoms with Gasteiger partial charge in [0, 0.05) is 48.2 Å². The van der Waals surface area contributed by atoms with E-state index in [4.69, 9.17) is 9.47 Å². The fourth-order valence-corrected chi connectivity index (χ4v) is 9.11. The van der Waals surface area contributed by atoms with E-state index in [2.05, 4.69) is 0 Å². The van der Waals surface area contributed by atoms with Gasteiger partial charge in [0.15, 0.2) is 11.9 Å². The minimum atomic E-state index is -1.33. The summed E-state index contributed by atoms with van der Waals surface area (Å²) in [6.07, 6.45) is 1.71. The van der Waals surface area contributed by atoms with E-state index in [0.29, 0.717) is 31.4 Å². The lowest BCUT2D eigenvalue weighted by Crippen LogP contribution is -2.65. The Morgan fingerprint density at radius 3 is 2.32 bits per heavy atom. The number of fused-ring (bicyclic) bond motifs is 4. The largest absolute Gasteiger partial charge is 0.466 e. The molecule has 4 rings (SSSR count). The fourth-order valence-electron chi connectivity index (χ4n) is 9.11. The molecular formula is C33H48O8. The average Bonchev–Trinajstić information content (AvgIpc) is 3.10. The van der Waals surface area contributed by atoms with Crippen LogP contribution in [0.5, 0.6) is 0 Å². The van der Waals surface area contributed by atoms with Crippen LogP contribution in [0, 0.1) is 39.4 Å². The van der Waals surface area contributed by atoms with Gasteiger partial charge in [-0.15, -0.1) is 0 Å². The van der Waals surface area contributed by atoms with Crippen LogP contribution in [0.1, 0.15) is 107 Å². The molecule has 0 aromatic carbocycles. The van der Waals surface area contributed by atoms with Crippen LogP contribution < -0.4 is 0 Å². The van der Waals surface area contributed by atoms with Gasteiger partial charge in [-0.2, -0.15) is 0 Å². The van der Waals surface area contributed by atoms with Gasteiger partial charge in [-0.3, -0.25) is 24.0 Å². The zero-order valence-corrected chi connectivity index (χ0v) is 26.1. The number of allylic oxidation sites excluding steroid dienone is 1. The Hall–Kier alpha value is -2.35. The van der Waals surface area contributed by atoms with Crippen molar-refractivity contribution < 1.29 is 38.6 Å². The first-order chi connectivity index (χ1) is 19.0. The lowest BCUT2D eigenvalue weighted by Gasteiger charge is -2.61. The molecule has 0 radical (unpaired) electrons. The molecule has 1 unspecified atom stereocenters. The molecule has 0 bridgehead atoms. The Morgan fingerprint density at radius 1 is 1.05 bits per heavy atom. The van der Waals surface area contributed by atoms with Crippen LogP contribution in [0.2, 0.25) is 0 Å². The smallest absolute Gasteiger partial charge is 0.305 e. The summed E-state index contributed by atoms with van der Waals surface area (Å²) < 4.78 is 11.2. The fraction of sp³-hybridized carbons (Fsp3) is 0.788. The first-order valence-electron chi connectivity index (χ1n) is 15.4. The van der Waals surface area contributed by atoms with Crippen molar-refractivity contribution in [1.82, 2.24) is 0 Å². The van der Waals surface area contributed by atoms with Gasteiger partial charge >= 0.3 is 11.9 Å². The number of aliphatic hydroxyl groups excluding tert-OH is 1. The summed E-state index contributed by atoms with van der Waals surface area (Å²) in [6.45, 7) is 15.1. The third kappa shape index (κ3) is 4.54. The lowest BCUT2D eigenvalue weighted by atomic mass is 9.42. The molecule has 0 aromatic heterocycles. The average molecular weight is 573 g/mol. The molecule has 0 amide bonds. The van der Waals surface area contributed by atoms with Crippen molar-refractivity contribution >= 4 is 29.3 Å². The molecule has 2 saturated carbocycles. The highest BCUT2D eigenvalue weighted by Crippen LogP contribution is 2.70. The number of hydrogen-bond donors (Lipinski definition) is 1. The van der Waals surface area contributed by atoms with Crippen LogP contribution in [-0.4, -0.2) is 53.2 Å². The zero-order chi connectivity index (χ0) is 30.7. The number of carbonyl (C=O) groups excluding carboxylic acids is 5. The molecular weight excluding hydrogens is 524 g/mol. The summed E-state index contributed by atoms with van der Waals surface area (Å²) in [5.74, 6) is -2.55. The van der Waals surface area contributed by atoms with E-state index in [1.165, 1.54) is 6.92 Å². The van der Waals surface area contributed by atoms with E-state index in [0.717, 1.165) is 12.8 Å². The van der Waals surface area contributed by atoms with Crippen LogP contribution in [0.25, 0.3) is 0 Å². The van der Waals surface area contributed by atoms with Crippen molar-refractivity contribution in [2.24, 2.45) is 39.4 Å². The lowest BCUT2D eigenvalue weighted by molar-refractivity contribution is -0.176. The summed E-state index contributed by atoms with van der Waals surface area (Å²) in [4.78, 5) is 67.8. The highest BCUT2D eigenvalue weighted by molar-refractivity contribution is 6.18. The van der Waals surface area contributed by atoms with Crippen molar-refractivity contribution in [1.29, 1.82) is 0 Å². The van der Waals surface area contributed by atoms with Gasteiger partial charge in [0.2, 0.25) is 5.78 Å².